The normalized spacial score (nSPS) is 11.8. The molecule has 0 saturated heterocycles. The van der Waals surface area contributed by atoms with Crippen molar-refractivity contribution in [1.29, 1.82) is 0 Å². The number of fused-ring (bicyclic) bond motifs is 1. The smallest absolute Gasteiger partial charge is 0.323 e. The highest BCUT2D eigenvalue weighted by molar-refractivity contribution is 7.89. The van der Waals surface area contributed by atoms with Crippen LogP contribution in [0.2, 0.25) is 0 Å². The van der Waals surface area contributed by atoms with Gasteiger partial charge in [-0.2, -0.15) is 4.72 Å². The highest BCUT2D eigenvalue weighted by Crippen LogP contribution is 2.19. The van der Waals surface area contributed by atoms with Crippen molar-refractivity contribution in [2.24, 2.45) is 0 Å². The fraction of sp³-hybridized carbons (Fsp3) is 0.0741. The molecule has 0 bridgehead atoms. The van der Waals surface area contributed by atoms with Gasteiger partial charge in [0, 0.05) is 23.1 Å². The molecule has 0 fully saturated rings. The third-order valence-electron chi connectivity index (χ3n) is 5.35. The van der Waals surface area contributed by atoms with Crippen molar-refractivity contribution in [3.05, 3.63) is 102 Å². The van der Waals surface area contributed by atoms with Gasteiger partial charge in [0.05, 0.1) is 4.90 Å². The summed E-state index contributed by atoms with van der Waals surface area (Å²) in [4.78, 5) is 28.4. The number of nitrogens with zero attached hydrogens (tertiary/aromatic N) is 1. The van der Waals surface area contributed by atoms with Gasteiger partial charge in [-0.25, -0.2) is 13.4 Å². The van der Waals surface area contributed by atoms with E-state index in [0.717, 1.165) is 10.8 Å². The molecule has 9 nitrogen and oxygen atoms in total. The Kier molecular flexibility index (Phi) is 7.48. The van der Waals surface area contributed by atoms with E-state index < -0.39 is 34.5 Å². The van der Waals surface area contributed by atoms with Gasteiger partial charge in [-0.15, -0.1) is 0 Å². The summed E-state index contributed by atoms with van der Waals surface area (Å²) in [5, 5.41) is 13.7. The van der Waals surface area contributed by atoms with E-state index in [1.807, 2.05) is 24.3 Å². The number of carbonyl (C=O) groups excluding carboxylic acids is 1. The number of carboxylic acids is 1. The topological polar surface area (TPSA) is 151 Å². The highest BCUT2D eigenvalue weighted by Gasteiger charge is 2.26. The van der Waals surface area contributed by atoms with Crippen LogP contribution in [0.5, 0.6) is 0 Å². The standard InChI is InChI=1S/C27H22N4O5S/c28-25-16-20-6-4-5-9-22(20)23(30-25)15-12-18-10-13-19(14-11-18)26(32)29-17-24(27(33)34)31-37(35,36)21-7-2-1-3-8-21/h1-11,13-14,16,24,31H,17H2,(H2,28,30)(H,29,32)(H,33,34). The van der Waals surface area contributed by atoms with E-state index >= 15 is 0 Å². The van der Waals surface area contributed by atoms with Crippen LogP contribution in [-0.2, 0) is 14.8 Å². The Balaban J connectivity index is 1.42. The van der Waals surface area contributed by atoms with Gasteiger partial charge < -0.3 is 16.2 Å². The number of nitrogens with one attached hydrogen (secondary N) is 2. The molecule has 10 heteroatoms. The lowest BCUT2D eigenvalue weighted by molar-refractivity contribution is -0.138. The van der Waals surface area contributed by atoms with E-state index in [9.17, 15) is 23.1 Å². The maximum Gasteiger partial charge on any atom is 0.323 e. The molecule has 1 amide bonds. The second kappa shape index (κ2) is 10.9. The maximum absolute atomic E-state index is 12.5. The molecular formula is C27H22N4O5S. The molecule has 1 atom stereocenters. The van der Waals surface area contributed by atoms with E-state index in [4.69, 9.17) is 5.73 Å². The number of benzene rings is 3. The van der Waals surface area contributed by atoms with E-state index in [2.05, 4.69) is 26.9 Å². The molecule has 1 unspecified atom stereocenters. The van der Waals surface area contributed by atoms with Crippen molar-refractivity contribution in [1.82, 2.24) is 15.0 Å². The van der Waals surface area contributed by atoms with Crippen LogP contribution in [0, 0.1) is 11.8 Å². The molecule has 0 aliphatic carbocycles. The predicted molar refractivity (Wildman–Crippen MR) is 139 cm³/mol. The monoisotopic (exact) mass is 514 g/mol. The Morgan fingerprint density at radius 1 is 0.946 bits per heavy atom. The fourth-order valence-corrected chi connectivity index (χ4v) is 4.69. The Labute approximate surface area is 213 Å². The van der Waals surface area contributed by atoms with Crippen molar-refractivity contribution in [2.45, 2.75) is 10.9 Å². The molecule has 37 heavy (non-hydrogen) atoms. The van der Waals surface area contributed by atoms with Crippen LogP contribution in [0.4, 0.5) is 5.82 Å². The van der Waals surface area contributed by atoms with E-state index in [1.54, 1.807) is 24.3 Å². The Morgan fingerprint density at radius 2 is 1.62 bits per heavy atom. The van der Waals surface area contributed by atoms with Crippen LogP contribution in [0.3, 0.4) is 0 Å². The molecule has 0 saturated carbocycles. The lowest BCUT2D eigenvalue weighted by Gasteiger charge is -2.15. The summed E-state index contributed by atoms with van der Waals surface area (Å²) in [7, 11) is -4.08. The summed E-state index contributed by atoms with van der Waals surface area (Å²) < 4.78 is 27.0. The third-order valence-corrected chi connectivity index (χ3v) is 6.84. The molecule has 0 aliphatic rings. The Morgan fingerprint density at radius 3 is 2.32 bits per heavy atom. The SMILES string of the molecule is Nc1cc2ccccc2c(C#Cc2ccc(C(=O)NCC(NS(=O)(=O)c3ccccc3)C(=O)O)cc2)n1. The van der Waals surface area contributed by atoms with Gasteiger partial charge in [0.25, 0.3) is 5.91 Å². The summed E-state index contributed by atoms with van der Waals surface area (Å²) >= 11 is 0. The number of anilines is 1. The Bertz CT molecular complexity index is 1630. The average molecular weight is 515 g/mol. The van der Waals surface area contributed by atoms with Crippen molar-refractivity contribution >= 4 is 38.5 Å². The molecule has 0 aliphatic heterocycles. The van der Waals surface area contributed by atoms with Crippen molar-refractivity contribution in [3.8, 4) is 11.8 Å². The van der Waals surface area contributed by atoms with Crippen LogP contribution in [-0.4, -0.2) is 43.0 Å². The molecule has 0 spiro atoms. The summed E-state index contributed by atoms with van der Waals surface area (Å²) in [5.41, 5.74) is 7.30. The minimum atomic E-state index is -4.08. The quantitative estimate of drug-likeness (QED) is 0.276. The van der Waals surface area contributed by atoms with Crippen LogP contribution in [0.1, 0.15) is 21.6 Å². The molecular weight excluding hydrogens is 492 g/mol. The summed E-state index contributed by atoms with van der Waals surface area (Å²) in [6.45, 7) is -0.448. The first-order valence-corrected chi connectivity index (χ1v) is 12.6. The number of hydrogen-bond acceptors (Lipinski definition) is 6. The predicted octanol–water partition coefficient (Wildman–Crippen LogP) is 2.38. The first-order chi connectivity index (χ1) is 17.7. The molecule has 186 valence electrons. The van der Waals surface area contributed by atoms with Crippen LogP contribution >= 0.6 is 0 Å². The first kappa shape index (κ1) is 25.4. The van der Waals surface area contributed by atoms with Crippen LogP contribution in [0.15, 0.2) is 89.8 Å². The minimum absolute atomic E-state index is 0.0781. The van der Waals surface area contributed by atoms with Crippen LogP contribution < -0.4 is 15.8 Å². The maximum atomic E-state index is 12.5. The number of hydrogen-bond donors (Lipinski definition) is 4. The molecule has 1 heterocycles. The number of carboxylic acid groups (broad SMARTS) is 1. The molecule has 1 aromatic heterocycles. The minimum Gasteiger partial charge on any atom is -0.480 e. The second-order valence-electron chi connectivity index (χ2n) is 7.98. The van der Waals surface area contributed by atoms with E-state index in [0.29, 0.717) is 17.1 Å². The van der Waals surface area contributed by atoms with Crippen molar-refractivity contribution in [2.75, 3.05) is 12.3 Å². The number of nitrogen functional groups attached to an aromatic ring is 1. The zero-order valence-corrected chi connectivity index (χ0v) is 20.2. The van der Waals surface area contributed by atoms with Gasteiger partial charge in [0.2, 0.25) is 10.0 Å². The van der Waals surface area contributed by atoms with Gasteiger partial charge in [-0.05, 0) is 53.8 Å². The second-order valence-corrected chi connectivity index (χ2v) is 9.69. The molecule has 5 N–H and O–H groups in total. The zero-order chi connectivity index (χ0) is 26.4. The highest BCUT2D eigenvalue weighted by atomic mass is 32.2. The lowest BCUT2D eigenvalue weighted by atomic mass is 10.1. The fourth-order valence-electron chi connectivity index (χ4n) is 3.48. The van der Waals surface area contributed by atoms with Gasteiger partial charge >= 0.3 is 5.97 Å². The first-order valence-electron chi connectivity index (χ1n) is 11.1. The van der Waals surface area contributed by atoms with Gasteiger partial charge in [-0.1, -0.05) is 48.4 Å². The lowest BCUT2D eigenvalue weighted by Crippen LogP contribution is -2.48. The van der Waals surface area contributed by atoms with Crippen LogP contribution in [0.25, 0.3) is 10.8 Å². The summed E-state index contributed by atoms with van der Waals surface area (Å²) in [5.74, 6) is 4.38. The van der Waals surface area contributed by atoms with Crippen molar-refractivity contribution in [3.63, 3.8) is 0 Å². The van der Waals surface area contributed by atoms with Crippen molar-refractivity contribution < 1.29 is 23.1 Å². The number of pyridine rings is 1. The van der Waals surface area contributed by atoms with E-state index in [-0.39, 0.29) is 10.5 Å². The number of aromatic nitrogens is 1. The number of amides is 1. The largest absolute Gasteiger partial charge is 0.480 e. The Hall–Kier alpha value is -4.72. The number of sulfonamides is 1. The van der Waals surface area contributed by atoms with Gasteiger partial charge in [0.15, 0.2) is 0 Å². The zero-order valence-electron chi connectivity index (χ0n) is 19.4. The molecule has 4 rings (SSSR count). The van der Waals surface area contributed by atoms with Gasteiger partial charge in [0.1, 0.15) is 17.6 Å². The number of rotatable bonds is 7. The number of aliphatic carboxylic acids is 1. The molecule has 0 radical (unpaired) electrons. The van der Waals surface area contributed by atoms with Gasteiger partial charge in [-0.3, -0.25) is 9.59 Å². The summed E-state index contributed by atoms with van der Waals surface area (Å²) in [6, 6.07) is 21.6. The van der Waals surface area contributed by atoms with E-state index in [1.165, 1.54) is 36.4 Å². The molecule has 3 aromatic carbocycles. The number of nitrogens with two attached hydrogens (primary N) is 1. The molecule has 4 aromatic rings. The summed E-state index contributed by atoms with van der Waals surface area (Å²) in [6.07, 6.45) is 0. The third kappa shape index (κ3) is 6.29. The number of carbonyl (C=O) groups is 2. The average Bonchev–Trinajstić information content (AvgIpc) is 2.90.